The second-order valence-electron chi connectivity index (χ2n) is 9.84. The zero-order valence-corrected chi connectivity index (χ0v) is 21.6. The van der Waals surface area contributed by atoms with Gasteiger partial charge in [-0.2, -0.15) is 0 Å². The number of benzene rings is 1. The third-order valence-corrected chi connectivity index (χ3v) is 8.28. The Morgan fingerprint density at radius 1 is 0.486 bits per heavy atom. The molecular weight excluding hydrogens is 475 g/mol. The fourth-order valence-electron chi connectivity index (χ4n) is 3.79. The Bertz CT molecular complexity index is 1410. The summed E-state index contributed by atoms with van der Waals surface area (Å²) in [6, 6.07) is 27.1. The van der Waals surface area contributed by atoms with Gasteiger partial charge in [-0.05, 0) is 72.8 Å². The molecule has 6 rings (SSSR count). The van der Waals surface area contributed by atoms with E-state index in [-0.39, 0.29) is 0 Å². The molecule has 0 saturated heterocycles. The molecule has 3 aromatic heterocycles. The first-order valence-corrected chi connectivity index (χ1v) is 15.9. The molecule has 1 aromatic carbocycles. The number of rotatable bonds is 1. The van der Waals surface area contributed by atoms with Gasteiger partial charge in [0.2, 0.25) is 0 Å². The fourth-order valence-corrected chi connectivity index (χ4v) is 5.38. The molecule has 0 saturated carbocycles. The van der Waals surface area contributed by atoms with Crippen molar-refractivity contribution in [2.24, 2.45) is 0 Å². The van der Waals surface area contributed by atoms with Crippen LogP contribution in [0.4, 0.5) is 0 Å². The zero-order chi connectivity index (χ0) is 24.5. The van der Waals surface area contributed by atoms with Crippen LogP contribution in [0, 0.1) is 0 Å². The van der Waals surface area contributed by atoms with E-state index in [2.05, 4.69) is 98.0 Å². The second-order valence-corrected chi connectivity index (χ2v) is 18.8. The van der Waals surface area contributed by atoms with Gasteiger partial charge in [0.1, 0.15) is 0 Å². The maximum atomic E-state index is 4.63. The quantitative estimate of drug-likeness (QED) is 0.239. The van der Waals surface area contributed by atoms with Crippen LogP contribution in [0.1, 0.15) is 22.8 Å². The number of fused-ring (bicyclic) bond motifs is 8. The van der Waals surface area contributed by atoms with Gasteiger partial charge in [0, 0.05) is 22.1 Å². The van der Waals surface area contributed by atoms with E-state index in [0.717, 1.165) is 44.8 Å². The molecule has 8 bridgehead atoms. The van der Waals surface area contributed by atoms with E-state index in [1.54, 1.807) is 0 Å². The molecule has 0 unspecified atom stereocenters. The first kappa shape index (κ1) is 23.1. The predicted molar refractivity (Wildman–Crippen MR) is 148 cm³/mol. The van der Waals surface area contributed by atoms with Crippen LogP contribution in [0.5, 0.6) is 0 Å². The summed E-state index contributed by atoms with van der Waals surface area (Å²) in [5.41, 5.74) is 7.86. The van der Waals surface area contributed by atoms with Gasteiger partial charge < -0.3 is 9.97 Å². The summed E-state index contributed by atoms with van der Waals surface area (Å²) in [6.07, 6.45) is 8.09. The molecule has 5 heteroatoms. The Morgan fingerprint density at radius 3 is 1.11 bits per heavy atom. The SMILES string of the molecule is C1=Cc2cc3ccc(cc4nc(cc5ccc(cc1n2)[nH]5)C=C4)[nH]3.[CH3][Co]([CH3])([CH3])([CH3])[c]1ccccc1. The summed E-state index contributed by atoms with van der Waals surface area (Å²) in [6.45, 7) is 0. The maximum absolute atomic E-state index is 4.63. The molecule has 0 amide bonds. The van der Waals surface area contributed by atoms with Gasteiger partial charge in [0.05, 0.1) is 22.8 Å². The number of hydrogen-bond acceptors (Lipinski definition) is 2. The summed E-state index contributed by atoms with van der Waals surface area (Å²) in [5, 5.41) is 0. The summed E-state index contributed by atoms with van der Waals surface area (Å²) in [4.78, 5) is 16.0. The van der Waals surface area contributed by atoms with Crippen molar-refractivity contribution in [3.8, 4) is 0 Å². The predicted octanol–water partition coefficient (Wildman–Crippen LogP) is 7.85. The van der Waals surface area contributed by atoms with Crippen LogP contribution in [0.2, 0.25) is 23.4 Å². The summed E-state index contributed by atoms with van der Waals surface area (Å²) in [7, 11) is 0. The van der Waals surface area contributed by atoms with E-state index in [9.17, 15) is 0 Å². The van der Waals surface area contributed by atoms with E-state index in [0.29, 0.717) is 0 Å². The third-order valence-electron chi connectivity index (χ3n) is 5.53. The summed E-state index contributed by atoms with van der Waals surface area (Å²) < 4.78 is 1.51. The van der Waals surface area contributed by atoms with Crippen LogP contribution in [0.15, 0.2) is 78.9 Å². The van der Waals surface area contributed by atoms with Crippen LogP contribution in [-0.2, 0) is 11.6 Å². The zero-order valence-electron chi connectivity index (χ0n) is 20.5. The number of H-pyrrole nitrogens is 2. The van der Waals surface area contributed by atoms with Gasteiger partial charge in [-0.25, -0.2) is 9.97 Å². The summed E-state index contributed by atoms with van der Waals surface area (Å²) in [5.74, 6) is 9.50. The fraction of sp³-hybridized carbons (Fsp3) is 0.133. The Balaban J connectivity index is 0.000000195. The van der Waals surface area contributed by atoms with Crippen LogP contribution < -0.4 is 4.50 Å². The molecular formula is C30H31CoN4. The molecule has 180 valence electrons. The van der Waals surface area contributed by atoms with E-state index in [4.69, 9.17) is 0 Å². The number of nitrogens with one attached hydrogen (secondary N) is 2. The normalized spacial score (nSPS) is 13.5. The average Bonchev–Trinajstić information content (AvgIpc) is 3.60. The first-order valence-electron chi connectivity index (χ1n) is 11.3. The topological polar surface area (TPSA) is 57.4 Å². The Morgan fingerprint density at radius 2 is 0.829 bits per heavy atom. The number of aromatic nitrogens is 4. The monoisotopic (exact) mass is 506 g/mol. The average molecular weight is 507 g/mol. The Hall–Kier alpha value is -3.67. The van der Waals surface area contributed by atoms with Crippen LogP contribution in [0.25, 0.3) is 46.4 Å². The summed E-state index contributed by atoms with van der Waals surface area (Å²) >= 11 is -1.48. The molecule has 4 nitrogen and oxygen atoms in total. The molecule has 0 spiro atoms. The van der Waals surface area contributed by atoms with Crippen molar-refractivity contribution < 1.29 is 11.6 Å². The van der Waals surface area contributed by atoms with E-state index in [1.807, 2.05) is 48.6 Å². The molecule has 4 aromatic rings. The van der Waals surface area contributed by atoms with Crippen LogP contribution in [-0.4, -0.2) is 19.9 Å². The number of aromatic amines is 2. The van der Waals surface area contributed by atoms with Gasteiger partial charge in [0.15, 0.2) is 0 Å². The van der Waals surface area contributed by atoms with Crippen molar-refractivity contribution >= 4 is 50.9 Å². The number of hydrogen-bond donors (Lipinski definition) is 2. The van der Waals surface area contributed by atoms with Crippen molar-refractivity contribution in [1.29, 1.82) is 0 Å². The van der Waals surface area contributed by atoms with E-state index < -0.39 is 11.6 Å². The van der Waals surface area contributed by atoms with Gasteiger partial charge in [-0.15, -0.1) is 0 Å². The van der Waals surface area contributed by atoms with Gasteiger partial charge in [0.25, 0.3) is 0 Å². The van der Waals surface area contributed by atoms with Gasteiger partial charge in [-0.1, -0.05) is 0 Å². The molecule has 2 aliphatic rings. The van der Waals surface area contributed by atoms with Gasteiger partial charge in [-0.3, -0.25) is 0 Å². The van der Waals surface area contributed by atoms with E-state index >= 15 is 0 Å². The molecule has 2 aliphatic heterocycles. The molecule has 0 radical (unpaired) electrons. The molecule has 5 heterocycles. The Kier molecular flexibility index (Phi) is 5.83. The molecule has 0 atom stereocenters. The number of nitrogens with zero attached hydrogens (tertiary/aromatic N) is 2. The van der Waals surface area contributed by atoms with Crippen molar-refractivity contribution in [3.05, 3.63) is 102 Å². The first-order chi connectivity index (χ1) is 16.7. The molecule has 35 heavy (non-hydrogen) atoms. The van der Waals surface area contributed by atoms with Crippen molar-refractivity contribution in [2.45, 2.75) is 23.4 Å². The Labute approximate surface area is 207 Å². The molecule has 0 aliphatic carbocycles. The minimum absolute atomic E-state index is 0.939. The van der Waals surface area contributed by atoms with Crippen LogP contribution in [0.3, 0.4) is 0 Å². The van der Waals surface area contributed by atoms with Crippen molar-refractivity contribution in [2.75, 3.05) is 0 Å². The standard InChI is InChI=1S/C20H14N4.C6H5.4CH3.Co/c1-2-14-10-16-5-6-18(23-16)12-20-8-7-19(24-20)11-17-4-3-15(22-17)9-13(1)21-14;1-2-4-6-5-3-1;;;;;/h1-12,21,24H;1-5H;4*1H3;. The molecule has 2 N–H and O–H groups in total. The van der Waals surface area contributed by atoms with Gasteiger partial charge >= 0.3 is 69.8 Å². The molecule has 0 fully saturated rings. The van der Waals surface area contributed by atoms with Crippen LogP contribution >= 0.6 is 0 Å². The van der Waals surface area contributed by atoms with E-state index in [1.165, 1.54) is 4.50 Å². The second kappa shape index (κ2) is 8.84. The van der Waals surface area contributed by atoms with Crippen molar-refractivity contribution in [3.63, 3.8) is 0 Å². The van der Waals surface area contributed by atoms with Crippen molar-refractivity contribution in [1.82, 2.24) is 19.9 Å². The third kappa shape index (κ3) is 5.88. The minimum atomic E-state index is -1.48.